The molecule has 0 aliphatic rings. The van der Waals surface area contributed by atoms with Crippen molar-refractivity contribution in [2.45, 2.75) is 32.1 Å². The molecule has 12 heteroatoms. The second kappa shape index (κ2) is 12.6. The summed E-state index contributed by atoms with van der Waals surface area (Å²) >= 11 is 12.1. The third kappa shape index (κ3) is 7.74. The van der Waals surface area contributed by atoms with Gasteiger partial charge >= 0.3 is 12.1 Å². The van der Waals surface area contributed by atoms with Crippen molar-refractivity contribution in [3.05, 3.63) is 88.2 Å². The molecule has 0 spiro atoms. The highest BCUT2D eigenvalue weighted by Gasteiger charge is 2.38. The molecule has 0 radical (unpaired) electrons. The Morgan fingerprint density at radius 3 is 2.19 bits per heavy atom. The molecule has 0 bridgehead atoms. The van der Waals surface area contributed by atoms with Gasteiger partial charge in [0.05, 0.1) is 22.7 Å². The van der Waals surface area contributed by atoms with Gasteiger partial charge in [-0.15, -0.1) is 0 Å². The molecule has 0 aliphatic heterocycles. The van der Waals surface area contributed by atoms with E-state index in [2.05, 4.69) is 17.1 Å². The van der Waals surface area contributed by atoms with Crippen LogP contribution in [0.25, 0.3) is 11.0 Å². The predicted molar refractivity (Wildman–Crippen MR) is 134 cm³/mol. The molecule has 4 rings (SSSR count). The number of imidazole rings is 1. The van der Waals surface area contributed by atoms with Crippen molar-refractivity contribution in [3.63, 3.8) is 0 Å². The number of benzene rings is 2. The average Bonchev–Trinajstić information content (AvgIpc) is 3.12. The minimum absolute atomic E-state index is 0.483. The fourth-order valence-corrected chi connectivity index (χ4v) is 3.98. The lowest BCUT2D eigenvalue weighted by Crippen LogP contribution is -2.26. The molecule has 2 aromatic heterocycles. The SMILES string of the molecule is N=c1n(CCCOc2ccc(Cl)cc2Cl)c2ccccc2n1CCc1ccccn1.O=C(O)C(F)(F)F. The Hall–Kier alpha value is -3.50. The van der Waals surface area contributed by atoms with E-state index in [1.807, 2.05) is 39.5 Å². The lowest BCUT2D eigenvalue weighted by atomic mass is 10.2. The van der Waals surface area contributed by atoms with Crippen LogP contribution in [0.15, 0.2) is 66.9 Å². The van der Waals surface area contributed by atoms with Crippen molar-refractivity contribution in [2.75, 3.05) is 6.61 Å². The zero-order chi connectivity index (χ0) is 27.0. The lowest BCUT2D eigenvalue weighted by Gasteiger charge is -2.09. The van der Waals surface area contributed by atoms with E-state index in [4.69, 9.17) is 43.2 Å². The van der Waals surface area contributed by atoms with Crippen molar-refractivity contribution in [1.29, 1.82) is 5.41 Å². The van der Waals surface area contributed by atoms with Crippen molar-refractivity contribution in [3.8, 4) is 5.75 Å². The number of ether oxygens (including phenoxy) is 1. The third-order valence-corrected chi connectivity index (χ3v) is 5.74. The number of hydrogen-bond acceptors (Lipinski definition) is 4. The molecule has 0 fully saturated rings. The van der Waals surface area contributed by atoms with Gasteiger partial charge in [-0.3, -0.25) is 10.4 Å². The normalized spacial score (nSPS) is 11.2. The van der Waals surface area contributed by atoms with Gasteiger partial charge in [-0.2, -0.15) is 13.2 Å². The van der Waals surface area contributed by atoms with Crippen LogP contribution >= 0.6 is 23.2 Å². The van der Waals surface area contributed by atoms with Crippen LogP contribution in [-0.2, 0) is 24.3 Å². The maximum Gasteiger partial charge on any atom is 0.490 e. The Morgan fingerprint density at radius 2 is 1.62 bits per heavy atom. The number of aromatic nitrogens is 3. The molecule has 0 amide bonds. The highest BCUT2D eigenvalue weighted by atomic mass is 35.5. The molecule has 2 N–H and O–H groups in total. The number of carboxylic acids is 1. The lowest BCUT2D eigenvalue weighted by molar-refractivity contribution is -0.192. The molecule has 0 unspecified atom stereocenters. The van der Waals surface area contributed by atoms with E-state index in [0.717, 1.165) is 29.6 Å². The summed E-state index contributed by atoms with van der Waals surface area (Å²) < 4.78 is 41.6. The molecule has 0 saturated heterocycles. The Morgan fingerprint density at radius 1 is 1.00 bits per heavy atom. The Bertz CT molecular complexity index is 1410. The number of halogens is 5. The number of pyridine rings is 1. The number of nitrogens with zero attached hydrogens (tertiary/aromatic N) is 3. The zero-order valence-corrected chi connectivity index (χ0v) is 20.9. The van der Waals surface area contributed by atoms with Crippen molar-refractivity contribution in [2.24, 2.45) is 0 Å². The molecule has 0 saturated carbocycles. The van der Waals surface area contributed by atoms with Gasteiger partial charge in [0, 0.05) is 36.4 Å². The average molecular weight is 555 g/mol. The van der Waals surface area contributed by atoms with Gasteiger partial charge in [0.2, 0.25) is 5.62 Å². The summed E-state index contributed by atoms with van der Waals surface area (Å²) in [6.45, 7) is 1.89. The monoisotopic (exact) mass is 554 g/mol. The van der Waals surface area contributed by atoms with Gasteiger partial charge in [-0.05, 0) is 48.9 Å². The first-order valence-electron chi connectivity index (χ1n) is 11.1. The van der Waals surface area contributed by atoms with Crippen LogP contribution in [0.1, 0.15) is 12.1 Å². The number of para-hydroxylation sites is 2. The van der Waals surface area contributed by atoms with E-state index in [0.29, 0.717) is 41.1 Å². The smallest absolute Gasteiger partial charge is 0.490 e. The van der Waals surface area contributed by atoms with Crippen LogP contribution in [-0.4, -0.2) is 38.0 Å². The van der Waals surface area contributed by atoms with Gasteiger partial charge in [0.25, 0.3) is 0 Å². The largest absolute Gasteiger partial charge is 0.492 e. The molecule has 4 aromatic rings. The Labute approximate surface area is 220 Å². The van der Waals surface area contributed by atoms with Gasteiger partial charge in [0.15, 0.2) is 0 Å². The first kappa shape index (κ1) is 28.1. The third-order valence-electron chi connectivity index (χ3n) is 5.21. The number of nitrogens with one attached hydrogen (secondary N) is 1. The predicted octanol–water partition coefficient (Wildman–Crippen LogP) is 5.97. The molecule has 196 valence electrons. The molecule has 0 aliphatic carbocycles. The summed E-state index contributed by atoms with van der Waals surface area (Å²) in [5.74, 6) is -2.14. The number of aryl methyl sites for hydroxylation is 3. The maximum atomic E-state index is 10.6. The minimum Gasteiger partial charge on any atom is -0.492 e. The summed E-state index contributed by atoms with van der Waals surface area (Å²) in [6, 6.07) is 19.3. The summed E-state index contributed by atoms with van der Waals surface area (Å²) in [6.07, 6.45) is -1.74. The molecule has 0 atom stereocenters. The van der Waals surface area contributed by atoms with E-state index < -0.39 is 12.1 Å². The van der Waals surface area contributed by atoms with Crippen molar-refractivity contribution < 1.29 is 27.8 Å². The number of aliphatic carboxylic acids is 1. The maximum absolute atomic E-state index is 10.6. The summed E-state index contributed by atoms with van der Waals surface area (Å²) in [7, 11) is 0. The fourth-order valence-electron chi connectivity index (χ4n) is 3.52. The highest BCUT2D eigenvalue weighted by Crippen LogP contribution is 2.27. The Balaban J connectivity index is 0.000000479. The van der Waals surface area contributed by atoms with E-state index in [1.165, 1.54) is 0 Å². The summed E-state index contributed by atoms with van der Waals surface area (Å²) in [5, 5.41) is 16.9. The second-order valence-corrected chi connectivity index (χ2v) is 8.61. The van der Waals surface area contributed by atoms with Gasteiger partial charge in [-0.25, -0.2) is 4.79 Å². The zero-order valence-electron chi connectivity index (χ0n) is 19.4. The van der Waals surface area contributed by atoms with Crippen LogP contribution in [0.4, 0.5) is 13.2 Å². The first-order valence-corrected chi connectivity index (χ1v) is 11.8. The quantitative estimate of drug-likeness (QED) is 0.262. The summed E-state index contributed by atoms with van der Waals surface area (Å²) in [5.41, 5.74) is 3.61. The fraction of sp³-hybridized carbons (Fsp3) is 0.240. The van der Waals surface area contributed by atoms with E-state index in [9.17, 15) is 13.2 Å². The molecule has 2 aromatic carbocycles. The van der Waals surface area contributed by atoms with E-state index >= 15 is 0 Å². The van der Waals surface area contributed by atoms with E-state index in [1.54, 1.807) is 24.4 Å². The number of carbonyl (C=O) groups is 1. The molecular weight excluding hydrogens is 532 g/mol. The minimum atomic E-state index is -5.08. The first-order chi connectivity index (χ1) is 17.6. The topological polar surface area (TPSA) is 93.1 Å². The van der Waals surface area contributed by atoms with Crippen LogP contribution in [0, 0.1) is 5.41 Å². The van der Waals surface area contributed by atoms with Crippen LogP contribution in [0.3, 0.4) is 0 Å². The van der Waals surface area contributed by atoms with Gasteiger partial charge in [0.1, 0.15) is 5.75 Å². The van der Waals surface area contributed by atoms with Crippen LogP contribution < -0.4 is 10.4 Å². The number of carboxylic acid groups (broad SMARTS) is 1. The Kier molecular flexibility index (Phi) is 9.60. The summed E-state index contributed by atoms with van der Waals surface area (Å²) in [4.78, 5) is 13.3. The molecule has 7 nitrogen and oxygen atoms in total. The van der Waals surface area contributed by atoms with Crippen LogP contribution in [0.2, 0.25) is 10.0 Å². The highest BCUT2D eigenvalue weighted by molar-refractivity contribution is 6.35. The molecule has 37 heavy (non-hydrogen) atoms. The molecular formula is C25H23Cl2F3N4O3. The number of alkyl halides is 3. The second-order valence-electron chi connectivity index (χ2n) is 7.77. The number of rotatable bonds is 8. The van der Waals surface area contributed by atoms with Crippen molar-refractivity contribution in [1.82, 2.24) is 14.1 Å². The van der Waals surface area contributed by atoms with Crippen LogP contribution in [0.5, 0.6) is 5.75 Å². The van der Waals surface area contributed by atoms with E-state index in [-0.39, 0.29) is 0 Å². The van der Waals surface area contributed by atoms with Gasteiger partial charge < -0.3 is 19.0 Å². The van der Waals surface area contributed by atoms with Crippen molar-refractivity contribution >= 4 is 40.2 Å². The van der Waals surface area contributed by atoms with Gasteiger partial charge in [-0.1, -0.05) is 41.4 Å². The molecule has 2 heterocycles. The number of fused-ring (bicyclic) bond motifs is 1. The number of hydrogen-bond donors (Lipinski definition) is 2. The standard InChI is InChI=1S/C23H22Cl2N4O.C2HF3O2/c24-17-9-10-22(19(25)16-17)30-15-5-13-28-20-7-1-2-8-21(20)29(23(28)26)14-11-18-6-3-4-12-27-18;3-2(4,5)1(6)7/h1-4,6-10,12,16,26H,5,11,13-15H2;(H,6,7).